The van der Waals surface area contributed by atoms with Crippen molar-refractivity contribution < 1.29 is 19.7 Å². The summed E-state index contributed by atoms with van der Waals surface area (Å²) in [5.74, 6) is 0.914. The van der Waals surface area contributed by atoms with Gasteiger partial charge >= 0.3 is 49.4 Å². The normalized spacial score (nSPS) is 27.0. The minimum atomic E-state index is -0.177. The van der Waals surface area contributed by atoms with Crippen molar-refractivity contribution in [2.24, 2.45) is 27.4 Å². The van der Waals surface area contributed by atoms with Crippen LogP contribution in [0.4, 0.5) is 5.82 Å². The van der Waals surface area contributed by atoms with Crippen molar-refractivity contribution in [2.45, 2.75) is 99.2 Å². The summed E-state index contributed by atoms with van der Waals surface area (Å²) in [6.07, 6.45) is 8.96. The van der Waals surface area contributed by atoms with Crippen LogP contribution in [0, 0.1) is 28.6 Å². The third-order valence-corrected chi connectivity index (χ3v) is 7.55. The van der Waals surface area contributed by atoms with E-state index in [2.05, 4.69) is 104 Å². The first-order valence-electron chi connectivity index (χ1n) is 14.5. The van der Waals surface area contributed by atoms with E-state index in [1.807, 2.05) is 30.3 Å². The van der Waals surface area contributed by atoms with E-state index in [1.54, 1.807) is 25.4 Å². The molecule has 6 nitrogen and oxygen atoms in total. The maximum absolute atomic E-state index is 10.0. The summed E-state index contributed by atoms with van der Waals surface area (Å²) < 4.78 is 0. The first kappa shape index (κ1) is 42.3. The van der Waals surface area contributed by atoms with Gasteiger partial charge in [0.15, 0.2) is 0 Å². The van der Waals surface area contributed by atoms with Gasteiger partial charge in [0.25, 0.3) is 0 Å². The van der Waals surface area contributed by atoms with Crippen LogP contribution in [0.15, 0.2) is 48.8 Å². The van der Waals surface area contributed by atoms with Crippen LogP contribution >= 0.6 is 51.6 Å². The van der Waals surface area contributed by atoms with E-state index in [9.17, 15) is 10.2 Å². The van der Waals surface area contributed by atoms with Gasteiger partial charge < -0.3 is 28.2 Å². The van der Waals surface area contributed by atoms with Crippen LogP contribution in [0.25, 0.3) is 0 Å². The summed E-state index contributed by atoms with van der Waals surface area (Å²) in [6.45, 7) is 19.9. The van der Waals surface area contributed by atoms with Gasteiger partial charge in [-0.05, 0) is 91.0 Å². The molecule has 0 saturated heterocycles. The molecule has 241 valence electrons. The van der Waals surface area contributed by atoms with Crippen molar-refractivity contribution in [3.05, 3.63) is 60.9 Å². The Morgan fingerprint density at radius 1 is 0.857 bits per heavy atom. The Balaban J connectivity index is 0.000000602. The Kier molecular flexibility index (Phi) is 21.3. The number of nitrogens with two attached hydrogens (primary N) is 1. The van der Waals surface area contributed by atoms with E-state index in [1.165, 1.54) is 0 Å². The molecule has 0 aliphatic heterocycles. The molecule has 2 saturated carbocycles. The maximum atomic E-state index is 10.0. The third-order valence-electron chi connectivity index (χ3n) is 7.33. The van der Waals surface area contributed by atoms with Crippen molar-refractivity contribution in [1.82, 2.24) is 9.97 Å². The fourth-order valence-electron chi connectivity index (χ4n) is 6.56. The van der Waals surface area contributed by atoms with Crippen molar-refractivity contribution in [2.75, 3.05) is 18.4 Å². The first-order valence-corrected chi connectivity index (χ1v) is 23.9. The summed E-state index contributed by atoms with van der Waals surface area (Å²) in [7, 11) is 0.628. The number of nitrogens with one attached hydrogen (secondary N) is 1. The number of aromatic nitrogens is 2. The van der Waals surface area contributed by atoms with Crippen molar-refractivity contribution in [3.63, 3.8) is 0 Å². The zero-order valence-corrected chi connectivity index (χ0v) is 33.1. The third kappa shape index (κ3) is 19.0. The number of hydrogen-bond acceptors (Lipinski definition) is 6. The molecule has 10 heteroatoms. The number of aliphatic hydroxyl groups excluding tert-OH is 2. The number of hydrogen-bond donors (Lipinski definition) is 4. The molecule has 2 fully saturated rings. The molecule has 4 rings (SSSR count). The summed E-state index contributed by atoms with van der Waals surface area (Å²) in [5.41, 5.74) is 6.48. The zero-order valence-electron chi connectivity index (χ0n) is 26.6. The SMILES string of the molecule is CC1(C)CC(O)CC(C)(CN)C1.CC1(C)CC(O)CC(C)(CNc2ccccn2)C1.Clc1ccccn1.[CH2-]C.[I][V][I]. The molecule has 2 heterocycles. The van der Waals surface area contributed by atoms with E-state index < -0.39 is 0 Å². The summed E-state index contributed by atoms with van der Waals surface area (Å²) >= 11 is 10.2. The molecular formula is C32H54ClI2N4O2V-. The second-order valence-corrected chi connectivity index (χ2v) is 25.6. The minimum absolute atomic E-state index is 0.138. The summed E-state index contributed by atoms with van der Waals surface area (Å²) in [4.78, 5) is 8.02. The van der Waals surface area contributed by atoms with Gasteiger partial charge in [0.1, 0.15) is 11.0 Å². The zero-order chi connectivity index (χ0) is 32.5. The van der Waals surface area contributed by atoms with Gasteiger partial charge in [0.05, 0.1) is 12.2 Å². The van der Waals surface area contributed by atoms with Gasteiger partial charge in [0, 0.05) is 18.9 Å². The van der Waals surface area contributed by atoms with E-state index in [4.69, 9.17) is 17.3 Å². The second kappa shape index (κ2) is 21.2. The fraction of sp³-hybridized carbons (Fsp3) is 0.656. The Morgan fingerprint density at radius 3 is 1.67 bits per heavy atom. The fourth-order valence-corrected chi connectivity index (χ4v) is 6.69. The number of nitrogens with zero attached hydrogens (tertiary/aromatic N) is 2. The molecule has 4 unspecified atom stereocenters. The molecule has 2 aliphatic carbocycles. The molecular weight excluding hydrogens is 813 g/mol. The Hall–Kier alpha value is 0.314. The van der Waals surface area contributed by atoms with Crippen LogP contribution in [0.1, 0.15) is 87.0 Å². The van der Waals surface area contributed by atoms with Gasteiger partial charge in [-0.1, -0.05) is 65.3 Å². The average molecular weight is 867 g/mol. The van der Waals surface area contributed by atoms with Crippen molar-refractivity contribution >= 4 is 57.4 Å². The number of aliphatic hydroxyl groups is 2. The molecule has 5 N–H and O–H groups in total. The topological polar surface area (TPSA) is 104 Å². The van der Waals surface area contributed by atoms with Crippen LogP contribution in [0.5, 0.6) is 0 Å². The van der Waals surface area contributed by atoms with Gasteiger partial charge in [-0.15, -0.1) is 0 Å². The summed E-state index contributed by atoms with van der Waals surface area (Å²) in [6, 6.07) is 11.3. The molecule has 2 aromatic rings. The van der Waals surface area contributed by atoms with E-state index in [0.29, 0.717) is 21.2 Å². The number of anilines is 1. The standard InChI is InChI=1S/C15H24N2O.C10H21NO.C5H4ClN.C2H5.2HI.V/c1-14(2)8-12(18)9-15(3,10-14)11-17-13-6-4-5-7-16-13;1-9(2)4-8(12)5-10(3,6-9)7-11;6-5-3-1-2-4-7-5;1-2;;;/h4-7,12,18H,8-11H2,1-3H3,(H,16,17);8,12H,4-7,11H2,1-3H3;1-4H;1H2,2H3;2*1H;/q;;;-1;;;+2/p-2. The molecule has 4 atom stereocenters. The second-order valence-electron chi connectivity index (χ2n) is 13.4. The van der Waals surface area contributed by atoms with Crippen molar-refractivity contribution in [3.8, 4) is 0 Å². The quantitative estimate of drug-likeness (QED) is 0.139. The number of rotatable bonds is 4. The van der Waals surface area contributed by atoms with E-state index >= 15 is 0 Å². The molecule has 0 spiro atoms. The van der Waals surface area contributed by atoms with Crippen LogP contribution < -0.4 is 11.1 Å². The summed E-state index contributed by atoms with van der Waals surface area (Å²) in [5, 5.41) is 23.6. The Morgan fingerprint density at radius 2 is 1.31 bits per heavy atom. The Labute approximate surface area is 290 Å². The number of halogens is 3. The van der Waals surface area contributed by atoms with Crippen LogP contribution in [-0.4, -0.2) is 45.5 Å². The average Bonchev–Trinajstić information content (AvgIpc) is 2.88. The van der Waals surface area contributed by atoms with Crippen LogP contribution in [0.3, 0.4) is 0 Å². The molecule has 2 aromatic heterocycles. The van der Waals surface area contributed by atoms with Crippen molar-refractivity contribution in [1.29, 1.82) is 0 Å². The van der Waals surface area contributed by atoms with Gasteiger partial charge in [-0.2, -0.15) is 6.92 Å². The van der Waals surface area contributed by atoms with E-state index in [0.717, 1.165) is 50.9 Å². The predicted molar refractivity (Wildman–Crippen MR) is 194 cm³/mol. The van der Waals surface area contributed by atoms with Gasteiger partial charge in [-0.3, -0.25) is 0 Å². The Bertz CT molecular complexity index is 962. The molecule has 0 amide bonds. The van der Waals surface area contributed by atoms with Crippen LogP contribution in [0.2, 0.25) is 5.15 Å². The first-order chi connectivity index (χ1) is 19.6. The number of pyridine rings is 2. The molecule has 2 aliphatic rings. The van der Waals surface area contributed by atoms with E-state index in [-0.39, 0.29) is 33.9 Å². The van der Waals surface area contributed by atoms with Gasteiger partial charge in [0.2, 0.25) is 0 Å². The molecule has 0 radical (unpaired) electrons. The molecule has 0 bridgehead atoms. The molecule has 42 heavy (non-hydrogen) atoms. The monoisotopic (exact) mass is 866 g/mol. The predicted octanol–water partition coefficient (Wildman–Crippen LogP) is 8.94. The van der Waals surface area contributed by atoms with Crippen LogP contribution in [-0.2, 0) is 9.47 Å². The van der Waals surface area contributed by atoms with Gasteiger partial charge in [-0.25, -0.2) is 9.97 Å². The molecule has 0 aromatic carbocycles.